The van der Waals surface area contributed by atoms with Gasteiger partial charge in [-0.1, -0.05) is 0 Å². The Morgan fingerprint density at radius 3 is 1.51 bits per heavy atom. The molecule has 0 fully saturated rings. The second-order valence-corrected chi connectivity index (χ2v) is 16.8. The zero-order chi connectivity index (χ0) is 38.6. The van der Waals surface area contributed by atoms with Gasteiger partial charge < -0.3 is 0 Å². The summed E-state index contributed by atoms with van der Waals surface area (Å²) in [5.74, 6) is 0. The molecule has 53 heavy (non-hydrogen) atoms. The predicted molar refractivity (Wildman–Crippen MR) is 221 cm³/mol. The summed E-state index contributed by atoms with van der Waals surface area (Å²) in [6.07, 6.45) is 7.83. The molecule has 0 saturated heterocycles. The summed E-state index contributed by atoms with van der Waals surface area (Å²) in [5.41, 5.74) is 11.6. The normalized spacial score (nSPS) is 16.3. The minimum atomic E-state index is -2.36. The van der Waals surface area contributed by atoms with Gasteiger partial charge in [-0.2, -0.15) is 0 Å². The van der Waals surface area contributed by atoms with E-state index in [2.05, 4.69) is 204 Å². The van der Waals surface area contributed by atoms with Crippen molar-refractivity contribution in [1.29, 1.82) is 0 Å². The van der Waals surface area contributed by atoms with Gasteiger partial charge in [-0.3, -0.25) is 0 Å². The molecular formula is C47H41N5Pt. The van der Waals surface area contributed by atoms with Crippen molar-refractivity contribution < 1.29 is 21.8 Å². The predicted octanol–water partition coefficient (Wildman–Crippen LogP) is 11.1. The topological polar surface area (TPSA) is 16.2 Å². The molecule has 264 valence electrons. The van der Waals surface area contributed by atoms with Gasteiger partial charge in [0.2, 0.25) is 0 Å². The van der Waals surface area contributed by atoms with E-state index in [1.165, 1.54) is 10.5 Å². The quantitative estimate of drug-likeness (QED) is 0.175. The van der Waals surface area contributed by atoms with Crippen molar-refractivity contribution in [2.45, 2.75) is 26.2 Å². The Kier molecular flexibility index (Phi) is 7.49. The van der Waals surface area contributed by atoms with Crippen molar-refractivity contribution in [3.63, 3.8) is 0 Å². The van der Waals surface area contributed by atoms with E-state index >= 15 is 0 Å². The van der Waals surface area contributed by atoms with Crippen molar-refractivity contribution in [3.05, 3.63) is 182 Å². The molecule has 0 aliphatic carbocycles. The van der Waals surface area contributed by atoms with Gasteiger partial charge in [-0.25, -0.2) is 0 Å². The molecule has 0 radical (unpaired) electrons. The zero-order valence-electron chi connectivity index (χ0n) is 32.8. The summed E-state index contributed by atoms with van der Waals surface area (Å²) in [5, 5.41) is 0. The fourth-order valence-corrected chi connectivity index (χ4v) is 10.2. The van der Waals surface area contributed by atoms with Crippen LogP contribution in [0, 0.1) is 0 Å². The molecule has 3 heterocycles. The molecule has 0 atom stereocenters. The number of rotatable bonds is 4. The van der Waals surface area contributed by atoms with Crippen LogP contribution < -0.4 is 19.6 Å². The van der Waals surface area contributed by atoms with Crippen LogP contribution in [-0.4, -0.2) is 20.2 Å². The molecule has 0 saturated carbocycles. The number of anilines is 6. The average molecular weight is 874 g/mol. The van der Waals surface area contributed by atoms with Gasteiger partial charge in [0.1, 0.15) is 0 Å². The Morgan fingerprint density at radius 1 is 0.472 bits per heavy atom. The van der Waals surface area contributed by atoms with Crippen LogP contribution in [0.3, 0.4) is 0 Å². The van der Waals surface area contributed by atoms with Gasteiger partial charge in [0.15, 0.2) is 0 Å². The molecule has 4 bridgehead atoms. The number of para-hydroxylation sites is 1. The molecule has 3 aliphatic rings. The first-order chi connectivity index (χ1) is 27.0. The second kappa shape index (κ2) is 13.3. The number of nitrogens with zero attached hydrogens (tertiary/aromatic N) is 5. The zero-order valence-corrected chi connectivity index (χ0v) is 32.1. The van der Waals surface area contributed by atoms with Crippen molar-refractivity contribution in [2.75, 3.05) is 26.6 Å². The van der Waals surface area contributed by atoms with Gasteiger partial charge in [-0.05, 0) is 0 Å². The van der Waals surface area contributed by atoms with Gasteiger partial charge >= 0.3 is 326 Å². The Labute approximate surface area is 324 Å². The standard InChI is InChI=1S/C47H41N5.Pt/c1-47(2,3)38-24-26-39(27-25-38)50-30-31-51(35-50)41-19-12-21-43(33-41)52(42-20-11-18-40(32-42)49-29-28-48(4)34-49)46-44(36-14-7-5-8-15-36)22-13-23-45(46)37-16-9-6-10-17-37;/h5-33H,1-4H3;/i4D3;. The molecule has 5 nitrogen and oxygen atoms in total. The van der Waals surface area contributed by atoms with Crippen LogP contribution in [-0.2, 0) is 23.1 Å². The Bertz CT molecular complexity index is 2510. The Balaban J connectivity index is 1.32. The van der Waals surface area contributed by atoms with Crippen LogP contribution in [0.4, 0.5) is 34.1 Å². The Morgan fingerprint density at radius 2 is 0.962 bits per heavy atom. The molecule has 0 amide bonds. The first kappa shape index (κ1) is 29.8. The van der Waals surface area contributed by atoms with Crippen LogP contribution in [0.15, 0.2) is 176 Å². The van der Waals surface area contributed by atoms with E-state index in [0.717, 1.165) is 64.7 Å². The van der Waals surface area contributed by atoms with E-state index in [0.29, 0.717) is 0 Å². The summed E-state index contributed by atoms with van der Waals surface area (Å²) in [7, 11) is 0. The monoisotopic (exact) mass is 873 g/mol. The van der Waals surface area contributed by atoms with Crippen LogP contribution >= 0.6 is 0 Å². The summed E-state index contributed by atoms with van der Waals surface area (Å²) in [6.45, 7) is 4.30. The molecule has 0 spiro atoms. The maximum absolute atomic E-state index is 8.62. The minimum absolute atomic E-state index is 0.0190. The van der Waals surface area contributed by atoms with E-state index in [-0.39, 0.29) is 5.41 Å². The number of benzene rings is 6. The summed E-state index contributed by atoms with van der Waals surface area (Å²) in [4.78, 5) is 10.4. The third-order valence-corrected chi connectivity index (χ3v) is 13.0. The van der Waals surface area contributed by atoms with Gasteiger partial charge in [-0.15, -0.1) is 0 Å². The van der Waals surface area contributed by atoms with Crippen molar-refractivity contribution in [3.8, 4) is 22.3 Å². The second-order valence-electron chi connectivity index (χ2n) is 14.2. The molecule has 6 aromatic rings. The van der Waals surface area contributed by atoms with E-state index in [1.54, 1.807) is 6.20 Å². The number of hydrogen-bond donors (Lipinski definition) is 0. The molecule has 6 heteroatoms. The average Bonchev–Trinajstić information content (AvgIpc) is 3.84. The molecular weight excluding hydrogens is 830 g/mol. The van der Waals surface area contributed by atoms with Gasteiger partial charge in [0.25, 0.3) is 0 Å². The third-order valence-electron chi connectivity index (χ3n) is 9.78. The Hall–Kier alpha value is -5.77. The van der Waals surface area contributed by atoms with Crippen LogP contribution in [0.1, 0.15) is 30.4 Å². The fraction of sp³-hybridized carbons (Fsp3) is 0.106. The first-order valence-corrected chi connectivity index (χ1v) is 20.0. The van der Waals surface area contributed by atoms with E-state index in [1.807, 2.05) is 6.20 Å². The summed E-state index contributed by atoms with van der Waals surface area (Å²) < 4.78 is 27.6. The first-order valence-electron chi connectivity index (χ1n) is 19.3. The SMILES string of the molecule is [2H]C([2H])([2H])N1C=CN2[C]1=[Pt]=[C]1N(c3ccc(C(C)(C)C)cc3)C=CN1c1cccc(c1)N(c1c(-c3ccccc3)cccc1-c1ccccc1)c1cccc2c1. The van der Waals surface area contributed by atoms with Crippen LogP contribution in [0.25, 0.3) is 22.3 Å². The van der Waals surface area contributed by atoms with Crippen LogP contribution in [0.5, 0.6) is 0 Å². The van der Waals surface area contributed by atoms with E-state index in [9.17, 15) is 0 Å². The fourth-order valence-electron chi connectivity index (χ4n) is 7.07. The summed E-state index contributed by atoms with van der Waals surface area (Å²) >= 11 is -1.11. The molecule has 0 aromatic heterocycles. The molecule has 0 N–H and O–H groups in total. The summed E-state index contributed by atoms with van der Waals surface area (Å²) in [6, 6.07) is 53.6. The third kappa shape index (κ3) is 6.05. The van der Waals surface area contributed by atoms with E-state index in [4.69, 9.17) is 4.11 Å². The van der Waals surface area contributed by atoms with Crippen molar-refractivity contribution in [2.24, 2.45) is 0 Å². The molecule has 3 aliphatic heterocycles. The van der Waals surface area contributed by atoms with E-state index < -0.39 is 24.6 Å². The molecule has 9 rings (SSSR count). The molecule has 0 unspecified atom stereocenters. The van der Waals surface area contributed by atoms with Crippen molar-refractivity contribution in [1.82, 2.24) is 4.90 Å². The number of hydrogen-bond acceptors (Lipinski definition) is 5. The number of fused-ring (bicyclic) bond motifs is 8. The molecule has 6 aromatic carbocycles. The maximum atomic E-state index is 8.62. The van der Waals surface area contributed by atoms with Gasteiger partial charge in [0.05, 0.1) is 0 Å². The van der Waals surface area contributed by atoms with Gasteiger partial charge in [0, 0.05) is 0 Å². The van der Waals surface area contributed by atoms with Crippen LogP contribution in [0.2, 0.25) is 0 Å². The van der Waals surface area contributed by atoms with Crippen molar-refractivity contribution >= 4 is 42.4 Å².